The molecule has 3 aromatic rings. The third-order valence-corrected chi connectivity index (χ3v) is 5.68. The Morgan fingerprint density at radius 2 is 1.59 bits per heavy atom. The lowest BCUT2D eigenvalue weighted by Crippen LogP contribution is -2.45. The standard InChI is InChI=1S/C22H19N3O4/c26-19(13-25-21(27)15-5-1-2-6-16(15)22(25)28)24-11-9-14(10-12-24)20-23-17-7-3-4-8-18(17)29-20/h1-8,14H,9-13H2. The Morgan fingerprint density at radius 1 is 0.966 bits per heavy atom. The molecule has 0 radical (unpaired) electrons. The van der Waals surface area contributed by atoms with Gasteiger partial charge in [-0.15, -0.1) is 0 Å². The Bertz CT molecular complexity index is 1060. The van der Waals surface area contributed by atoms with Crippen LogP contribution in [-0.4, -0.2) is 52.1 Å². The summed E-state index contributed by atoms with van der Waals surface area (Å²) >= 11 is 0. The second kappa shape index (κ2) is 6.84. The maximum Gasteiger partial charge on any atom is 0.262 e. The lowest BCUT2D eigenvalue weighted by molar-refractivity contribution is -0.132. The minimum Gasteiger partial charge on any atom is -0.440 e. The molecular formula is C22H19N3O4. The Hall–Kier alpha value is -3.48. The number of imide groups is 1. The van der Waals surface area contributed by atoms with Gasteiger partial charge in [0.25, 0.3) is 11.8 Å². The fourth-order valence-electron chi connectivity index (χ4n) is 4.06. The zero-order chi connectivity index (χ0) is 20.0. The van der Waals surface area contributed by atoms with Crippen LogP contribution in [0, 0.1) is 0 Å². The predicted molar refractivity (Wildman–Crippen MR) is 104 cm³/mol. The average molecular weight is 389 g/mol. The second-order valence-electron chi connectivity index (χ2n) is 7.42. The van der Waals surface area contributed by atoms with Crippen LogP contribution in [0.25, 0.3) is 11.1 Å². The molecule has 3 heterocycles. The Morgan fingerprint density at radius 3 is 2.24 bits per heavy atom. The normalized spacial score (nSPS) is 17.2. The number of nitrogens with zero attached hydrogens (tertiary/aromatic N) is 3. The molecule has 7 nitrogen and oxygen atoms in total. The fourth-order valence-corrected chi connectivity index (χ4v) is 4.06. The average Bonchev–Trinajstić information content (AvgIpc) is 3.29. The van der Waals surface area contributed by atoms with Crippen LogP contribution in [0.4, 0.5) is 0 Å². The smallest absolute Gasteiger partial charge is 0.262 e. The molecule has 0 aliphatic carbocycles. The maximum atomic E-state index is 12.7. The number of rotatable bonds is 3. The van der Waals surface area contributed by atoms with Crippen molar-refractivity contribution < 1.29 is 18.8 Å². The van der Waals surface area contributed by atoms with Crippen LogP contribution < -0.4 is 0 Å². The first-order valence-corrected chi connectivity index (χ1v) is 9.70. The van der Waals surface area contributed by atoms with Gasteiger partial charge in [-0.25, -0.2) is 4.98 Å². The van der Waals surface area contributed by atoms with Crippen molar-refractivity contribution in [2.45, 2.75) is 18.8 Å². The van der Waals surface area contributed by atoms with Gasteiger partial charge < -0.3 is 9.32 Å². The topological polar surface area (TPSA) is 83.7 Å². The molecule has 0 saturated carbocycles. The zero-order valence-electron chi connectivity index (χ0n) is 15.7. The van der Waals surface area contributed by atoms with Crippen molar-refractivity contribution >= 4 is 28.8 Å². The first-order chi connectivity index (χ1) is 14.1. The van der Waals surface area contributed by atoms with Crippen molar-refractivity contribution in [3.8, 4) is 0 Å². The van der Waals surface area contributed by atoms with E-state index in [1.807, 2.05) is 24.3 Å². The highest BCUT2D eigenvalue weighted by Crippen LogP contribution is 2.30. The SMILES string of the molecule is O=C(CN1C(=O)c2ccccc2C1=O)N1CCC(c2nc3ccccc3o2)CC1. The molecule has 5 rings (SSSR count). The van der Waals surface area contributed by atoms with Crippen LogP contribution in [0.15, 0.2) is 52.9 Å². The molecule has 29 heavy (non-hydrogen) atoms. The van der Waals surface area contributed by atoms with Crippen molar-refractivity contribution in [1.82, 2.24) is 14.8 Å². The molecule has 2 aliphatic rings. The molecule has 0 unspecified atom stereocenters. The number of amides is 3. The minimum atomic E-state index is -0.402. The summed E-state index contributed by atoms with van der Waals surface area (Å²) in [5.74, 6) is -0.152. The molecule has 0 atom stereocenters. The Balaban J connectivity index is 1.23. The predicted octanol–water partition coefficient (Wildman–Crippen LogP) is 2.83. The van der Waals surface area contributed by atoms with Crippen LogP contribution >= 0.6 is 0 Å². The zero-order valence-corrected chi connectivity index (χ0v) is 15.7. The number of carbonyl (C=O) groups excluding carboxylic acids is 3. The summed E-state index contributed by atoms with van der Waals surface area (Å²) in [5.41, 5.74) is 2.33. The summed E-state index contributed by atoms with van der Waals surface area (Å²) < 4.78 is 5.86. The molecule has 0 spiro atoms. The summed E-state index contributed by atoms with van der Waals surface area (Å²) in [6.07, 6.45) is 1.47. The van der Waals surface area contributed by atoms with Crippen molar-refractivity contribution in [2.24, 2.45) is 0 Å². The van der Waals surface area contributed by atoms with Crippen molar-refractivity contribution in [2.75, 3.05) is 19.6 Å². The highest BCUT2D eigenvalue weighted by molar-refractivity contribution is 6.22. The van der Waals surface area contributed by atoms with Gasteiger partial charge >= 0.3 is 0 Å². The van der Waals surface area contributed by atoms with Crippen molar-refractivity contribution in [1.29, 1.82) is 0 Å². The number of fused-ring (bicyclic) bond motifs is 2. The quantitative estimate of drug-likeness (QED) is 0.643. The summed E-state index contributed by atoms with van der Waals surface area (Å²) in [6.45, 7) is 0.872. The summed E-state index contributed by atoms with van der Waals surface area (Å²) in [7, 11) is 0. The van der Waals surface area contributed by atoms with E-state index >= 15 is 0 Å². The van der Waals surface area contributed by atoms with Gasteiger partial charge in [0.2, 0.25) is 5.91 Å². The third kappa shape index (κ3) is 2.99. The Kier molecular flexibility index (Phi) is 4.16. The van der Waals surface area contributed by atoms with Crippen LogP contribution in [0.2, 0.25) is 0 Å². The minimum absolute atomic E-state index is 0.158. The molecule has 7 heteroatoms. The van der Waals surface area contributed by atoms with Gasteiger partial charge in [0.05, 0.1) is 11.1 Å². The number of benzene rings is 2. The first kappa shape index (κ1) is 17.6. The van der Waals surface area contributed by atoms with E-state index in [1.54, 1.807) is 29.2 Å². The summed E-state index contributed by atoms with van der Waals surface area (Å²) in [5, 5.41) is 0. The van der Waals surface area contributed by atoms with Gasteiger partial charge in [0.15, 0.2) is 11.5 Å². The van der Waals surface area contributed by atoms with Gasteiger partial charge in [0.1, 0.15) is 12.1 Å². The number of likely N-dealkylation sites (tertiary alicyclic amines) is 1. The van der Waals surface area contributed by atoms with Crippen molar-refractivity contribution in [3.05, 3.63) is 65.5 Å². The van der Waals surface area contributed by atoms with Gasteiger partial charge in [0, 0.05) is 19.0 Å². The molecule has 2 aliphatic heterocycles. The fraction of sp³-hybridized carbons (Fsp3) is 0.273. The van der Waals surface area contributed by atoms with Gasteiger partial charge in [-0.2, -0.15) is 0 Å². The molecule has 1 fully saturated rings. The van der Waals surface area contributed by atoms with E-state index in [0.29, 0.717) is 30.1 Å². The number of piperidine rings is 1. The monoisotopic (exact) mass is 389 g/mol. The number of aromatic nitrogens is 1. The highest BCUT2D eigenvalue weighted by atomic mass is 16.3. The number of oxazole rings is 1. The van der Waals surface area contributed by atoms with Crippen LogP contribution in [-0.2, 0) is 4.79 Å². The number of hydrogen-bond acceptors (Lipinski definition) is 5. The maximum absolute atomic E-state index is 12.7. The van der Waals surface area contributed by atoms with E-state index in [-0.39, 0.29) is 18.4 Å². The lowest BCUT2D eigenvalue weighted by Gasteiger charge is -2.31. The van der Waals surface area contributed by atoms with E-state index in [1.165, 1.54) is 0 Å². The first-order valence-electron chi connectivity index (χ1n) is 9.70. The lowest BCUT2D eigenvalue weighted by atomic mass is 9.97. The molecule has 1 aromatic heterocycles. The number of para-hydroxylation sites is 2. The van der Waals surface area contributed by atoms with Crippen LogP contribution in [0.3, 0.4) is 0 Å². The van der Waals surface area contributed by atoms with Crippen molar-refractivity contribution in [3.63, 3.8) is 0 Å². The van der Waals surface area contributed by atoms with Gasteiger partial charge in [-0.1, -0.05) is 24.3 Å². The molecule has 146 valence electrons. The molecular weight excluding hydrogens is 370 g/mol. The van der Waals surface area contributed by atoms with Crippen LogP contribution in [0.5, 0.6) is 0 Å². The third-order valence-electron chi connectivity index (χ3n) is 5.68. The molecule has 0 bridgehead atoms. The van der Waals surface area contributed by atoms with Gasteiger partial charge in [-0.05, 0) is 37.1 Å². The van der Waals surface area contributed by atoms with Crippen LogP contribution in [0.1, 0.15) is 45.4 Å². The summed E-state index contributed by atoms with van der Waals surface area (Å²) in [4.78, 5) is 45.0. The molecule has 1 saturated heterocycles. The van der Waals surface area contributed by atoms with E-state index in [0.717, 1.165) is 28.8 Å². The molecule has 3 amide bonds. The molecule has 0 N–H and O–H groups in total. The van der Waals surface area contributed by atoms with E-state index in [4.69, 9.17) is 4.42 Å². The summed E-state index contributed by atoms with van der Waals surface area (Å²) in [6, 6.07) is 14.3. The Labute approximate surface area is 166 Å². The highest BCUT2D eigenvalue weighted by Gasteiger charge is 2.37. The second-order valence-corrected chi connectivity index (χ2v) is 7.42. The van der Waals surface area contributed by atoms with E-state index < -0.39 is 11.8 Å². The van der Waals surface area contributed by atoms with E-state index in [2.05, 4.69) is 4.98 Å². The number of carbonyl (C=O) groups is 3. The largest absolute Gasteiger partial charge is 0.440 e. The number of hydrogen-bond donors (Lipinski definition) is 0. The molecule has 2 aromatic carbocycles. The van der Waals surface area contributed by atoms with E-state index in [9.17, 15) is 14.4 Å². The van der Waals surface area contributed by atoms with Gasteiger partial charge in [-0.3, -0.25) is 19.3 Å².